The van der Waals surface area contributed by atoms with Crippen LogP contribution in [0.15, 0.2) is 0 Å². The molecule has 0 spiro atoms. The summed E-state index contributed by atoms with van der Waals surface area (Å²) >= 11 is 1.64. The van der Waals surface area contributed by atoms with Gasteiger partial charge in [-0.25, -0.2) is 4.98 Å². The molecule has 0 saturated heterocycles. The Morgan fingerprint density at radius 1 is 1.20 bits per heavy atom. The highest BCUT2D eigenvalue weighted by atomic mass is 32.1. The second-order valence-corrected chi connectivity index (χ2v) is 6.46. The minimum Gasteiger partial charge on any atom is -0.383 e. The van der Waals surface area contributed by atoms with E-state index in [9.17, 15) is 5.11 Å². The van der Waals surface area contributed by atoms with Gasteiger partial charge in [0, 0.05) is 4.88 Å². The van der Waals surface area contributed by atoms with Gasteiger partial charge in [0.25, 0.3) is 0 Å². The summed E-state index contributed by atoms with van der Waals surface area (Å²) in [6, 6.07) is 0. The number of aryl methyl sites for hydroxylation is 1. The zero-order chi connectivity index (χ0) is 11.9. The van der Waals surface area contributed by atoms with Crippen LogP contribution in [0.5, 0.6) is 0 Å². The van der Waals surface area contributed by atoms with E-state index < -0.39 is 5.60 Å². The van der Waals surface area contributed by atoms with Crippen molar-refractivity contribution in [3.63, 3.8) is 0 Å². The fourth-order valence-electron chi connectivity index (χ4n) is 1.44. The number of hydrogen-bond donors (Lipinski definition) is 1. The average molecular weight is 227 g/mol. The van der Waals surface area contributed by atoms with Gasteiger partial charge >= 0.3 is 0 Å². The molecule has 2 nitrogen and oxygen atoms in total. The lowest BCUT2D eigenvalue weighted by atomic mass is 9.93. The Bertz CT molecular complexity index is 341. The molecule has 1 rings (SSSR count). The fraction of sp³-hybridized carbons (Fsp3) is 0.750. The molecule has 0 aliphatic rings. The smallest absolute Gasteiger partial charge is 0.124 e. The van der Waals surface area contributed by atoms with Gasteiger partial charge in [0.05, 0.1) is 5.69 Å². The van der Waals surface area contributed by atoms with Gasteiger partial charge in [-0.2, -0.15) is 0 Å². The zero-order valence-corrected chi connectivity index (χ0v) is 11.3. The topological polar surface area (TPSA) is 33.1 Å². The van der Waals surface area contributed by atoms with Gasteiger partial charge in [0.2, 0.25) is 0 Å². The van der Waals surface area contributed by atoms with E-state index in [2.05, 4.69) is 32.7 Å². The molecule has 15 heavy (non-hydrogen) atoms. The minimum absolute atomic E-state index is 0.118. The fourth-order valence-corrected chi connectivity index (χ4v) is 2.65. The van der Waals surface area contributed by atoms with Crippen LogP contribution in [0.2, 0.25) is 0 Å². The van der Waals surface area contributed by atoms with Crippen molar-refractivity contribution in [1.29, 1.82) is 0 Å². The summed E-state index contributed by atoms with van der Waals surface area (Å²) in [5, 5.41) is 10.8. The van der Waals surface area contributed by atoms with Crippen LogP contribution in [0, 0.1) is 0 Å². The Kier molecular flexibility index (Phi) is 3.27. The molecule has 1 heterocycles. The summed E-state index contributed by atoms with van der Waals surface area (Å²) in [7, 11) is 0. The van der Waals surface area contributed by atoms with E-state index in [4.69, 9.17) is 0 Å². The lowest BCUT2D eigenvalue weighted by molar-refractivity contribution is 0.0781. The summed E-state index contributed by atoms with van der Waals surface area (Å²) in [5.41, 5.74) is 0.426. The molecule has 3 heteroatoms. The van der Waals surface area contributed by atoms with Crippen molar-refractivity contribution in [1.82, 2.24) is 4.98 Å². The van der Waals surface area contributed by atoms with E-state index in [1.54, 1.807) is 25.2 Å². The number of hydrogen-bond acceptors (Lipinski definition) is 3. The molecule has 1 aromatic rings. The monoisotopic (exact) mass is 227 g/mol. The Morgan fingerprint density at radius 2 is 1.73 bits per heavy atom. The van der Waals surface area contributed by atoms with Crippen molar-refractivity contribution in [3.8, 4) is 0 Å². The lowest BCUT2D eigenvalue weighted by Crippen LogP contribution is -2.14. The molecular weight excluding hydrogens is 206 g/mol. The van der Waals surface area contributed by atoms with Gasteiger partial charge in [-0.05, 0) is 25.7 Å². The number of aromatic nitrogens is 1. The van der Waals surface area contributed by atoms with E-state index in [0.29, 0.717) is 0 Å². The predicted octanol–water partition coefficient (Wildman–Crippen LogP) is 3.23. The number of nitrogens with zero attached hydrogens (tertiary/aromatic N) is 1. The Labute approximate surface area is 96.4 Å². The van der Waals surface area contributed by atoms with E-state index >= 15 is 0 Å². The standard InChI is InChI=1S/C12H21NOS/c1-7-8-9(11(2,3)4)15-10(13-8)12(5,6)14/h14H,7H2,1-6H3. The maximum absolute atomic E-state index is 9.94. The third-order valence-corrected chi connectivity index (χ3v) is 4.07. The molecule has 1 aromatic heterocycles. The van der Waals surface area contributed by atoms with Crippen LogP contribution in [0.3, 0.4) is 0 Å². The van der Waals surface area contributed by atoms with Crippen molar-refractivity contribution in [2.75, 3.05) is 0 Å². The van der Waals surface area contributed by atoms with Crippen molar-refractivity contribution >= 4 is 11.3 Å². The van der Waals surface area contributed by atoms with Crippen LogP contribution in [0.1, 0.15) is 57.1 Å². The number of thiazole rings is 1. The average Bonchev–Trinajstić information content (AvgIpc) is 2.44. The molecule has 0 amide bonds. The Hall–Kier alpha value is -0.410. The summed E-state index contributed by atoms with van der Waals surface area (Å²) in [5.74, 6) is 0. The van der Waals surface area contributed by atoms with E-state index in [0.717, 1.165) is 17.1 Å². The normalized spacial score (nSPS) is 13.3. The van der Waals surface area contributed by atoms with Crippen LogP contribution < -0.4 is 0 Å². The van der Waals surface area contributed by atoms with Gasteiger partial charge in [-0.15, -0.1) is 11.3 Å². The van der Waals surface area contributed by atoms with Crippen molar-refractivity contribution in [2.24, 2.45) is 0 Å². The van der Waals surface area contributed by atoms with Crippen LogP contribution in [0.4, 0.5) is 0 Å². The van der Waals surface area contributed by atoms with Crippen molar-refractivity contribution in [3.05, 3.63) is 15.6 Å². The quantitative estimate of drug-likeness (QED) is 0.841. The number of aliphatic hydroxyl groups is 1. The molecule has 0 fully saturated rings. The van der Waals surface area contributed by atoms with Gasteiger partial charge in [-0.1, -0.05) is 27.7 Å². The molecule has 0 aliphatic heterocycles. The summed E-state index contributed by atoms with van der Waals surface area (Å²) in [6.07, 6.45) is 0.930. The van der Waals surface area contributed by atoms with E-state index in [1.165, 1.54) is 4.88 Å². The summed E-state index contributed by atoms with van der Waals surface area (Å²) in [6.45, 7) is 12.3. The Balaban J connectivity index is 3.24. The first-order chi connectivity index (χ1) is 6.66. The van der Waals surface area contributed by atoms with Gasteiger partial charge < -0.3 is 5.11 Å². The van der Waals surface area contributed by atoms with Crippen LogP contribution in [-0.2, 0) is 17.4 Å². The maximum Gasteiger partial charge on any atom is 0.124 e. The van der Waals surface area contributed by atoms with Crippen LogP contribution in [-0.4, -0.2) is 10.1 Å². The first-order valence-corrected chi connectivity index (χ1v) is 6.21. The molecular formula is C12H21NOS. The first-order valence-electron chi connectivity index (χ1n) is 5.39. The molecule has 86 valence electrons. The van der Waals surface area contributed by atoms with Gasteiger partial charge in [0.15, 0.2) is 0 Å². The first kappa shape index (κ1) is 12.7. The van der Waals surface area contributed by atoms with Crippen molar-refractivity contribution in [2.45, 2.75) is 59.0 Å². The summed E-state index contributed by atoms with van der Waals surface area (Å²) < 4.78 is 0. The highest BCUT2D eigenvalue weighted by molar-refractivity contribution is 7.12. The van der Waals surface area contributed by atoms with Gasteiger partial charge in [0.1, 0.15) is 10.6 Å². The third kappa shape index (κ3) is 2.79. The zero-order valence-electron chi connectivity index (χ0n) is 10.5. The molecule has 0 bridgehead atoms. The highest BCUT2D eigenvalue weighted by Crippen LogP contribution is 2.35. The molecule has 0 radical (unpaired) electrons. The molecule has 0 aliphatic carbocycles. The summed E-state index contributed by atoms with van der Waals surface area (Å²) in [4.78, 5) is 5.83. The van der Waals surface area contributed by atoms with E-state index in [-0.39, 0.29) is 5.41 Å². The van der Waals surface area contributed by atoms with Gasteiger partial charge in [-0.3, -0.25) is 0 Å². The van der Waals surface area contributed by atoms with Crippen LogP contribution >= 0.6 is 11.3 Å². The Morgan fingerprint density at radius 3 is 2.00 bits per heavy atom. The second-order valence-electron chi connectivity index (χ2n) is 5.46. The molecule has 0 saturated carbocycles. The molecule has 0 aromatic carbocycles. The SMILES string of the molecule is CCc1nc(C(C)(C)O)sc1C(C)(C)C. The largest absolute Gasteiger partial charge is 0.383 e. The molecule has 0 unspecified atom stereocenters. The third-order valence-electron chi connectivity index (χ3n) is 2.24. The minimum atomic E-state index is -0.821. The highest BCUT2D eigenvalue weighted by Gasteiger charge is 2.27. The molecule has 1 N–H and O–H groups in total. The molecule has 0 atom stereocenters. The second kappa shape index (κ2) is 3.87. The van der Waals surface area contributed by atoms with E-state index in [1.807, 2.05) is 0 Å². The number of rotatable bonds is 2. The maximum atomic E-state index is 9.94. The van der Waals surface area contributed by atoms with Crippen LogP contribution in [0.25, 0.3) is 0 Å². The lowest BCUT2D eigenvalue weighted by Gasteiger charge is -2.17. The predicted molar refractivity (Wildman–Crippen MR) is 65.4 cm³/mol. The van der Waals surface area contributed by atoms with Crippen molar-refractivity contribution < 1.29 is 5.11 Å².